The van der Waals surface area contributed by atoms with Gasteiger partial charge in [-0.15, -0.1) is 0 Å². The summed E-state index contributed by atoms with van der Waals surface area (Å²) in [5.41, 5.74) is 6.55. The van der Waals surface area contributed by atoms with Crippen molar-refractivity contribution < 1.29 is 0 Å². The molecule has 0 unspecified atom stereocenters. The molecule has 1 saturated carbocycles. The first-order chi connectivity index (χ1) is 9.31. The highest BCUT2D eigenvalue weighted by molar-refractivity contribution is 5.86. The van der Waals surface area contributed by atoms with Gasteiger partial charge in [-0.2, -0.15) is 5.10 Å². The minimum atomic E-state index is 0.602. The van der Waals surface area contributed by atoms with Gasteiger partial charge in [0.1, 0.15) is 12.1 Å². The molecule has 1 aliphatic carbocycles. The first-order valence-corrected chi connectivity index (χ1v) is 6.90. The average molecular weight is 260 g/mol. The number of nitrogens with zero attached hydrogens (tertiary/aromatic N) is 5. The monoisotopic (exact) mass is 260 g/mol. The molecule has 0 amide bonds. The lowest BCUT2D eigenvalue weighted by molar-refractivity contribution is 0.383. The molecule has 1 fully saturated rings. The topological polar surface area (TPSA) is 72.9 Å². The van der Waals surface area contributed by atoms with Gasteiger partial charge in [0.2, 0.25) is 0 Å². The molecule has 2 aromatic heterocycles. The smallest absolute Gasteiger partial charge is 0.163 e. The van der Waals surface area contributed by atoms with E-state index in [9.17, 15) is 0 Å². The van der Waals surface area contributed by atoms with E-state index >= 15 is 0 Å². The van der Waals surface area contributed by atoms with Crippen LogP contribution in [0.15, 0.2) is 12.5 Å². The van der Waals surface area contributed by atoms with E-state index < -0.39 is 0 Å². The Morgan fingerprint density at radius 3 is 2.95 bits per heavy atom. The fourth-order valence-electron chi connectivity index (χ4n) is 2.60. The van der Waals surface area contributed by atoms with E-state index in [1.807, 2.05) is 13.2 Å². The van der Waals surface area contributed by atoms with Crippen LogP contribution in [-0.2, 0) is 7.05 Å². The Kier molecular flexibility index (Phi) is 3.33. The summed E-state index contributed by atoms with van der Waals surface area (Å²) in [6, 6.07) is 0.602. The Balaban J connectivity index is 1.98. The van der Waals surface area contributed by atoms with Gasteiger partial charge >= 0.3 is 0 Å². The van der Waals surface area contributed by atoms with Crippen molar-refractivity contribution in [3.05, 3.63) is 12.5 Å². The summed E-state index contributed by atoms with van der Waals surface area (Å²) in [6.07, 6.45) is 8.28. The fourth-order valence-corrected chi connectivity index (χ4v) is 2.60. The van der Waals surface area contributed by atoms with Gasteiger partial charge < -0.3 is 10.6 Å². The van der Waals surface area contributed by atoms with E-state index in [1.54, 1.807) is 11.0 Å². The van der Waals surface area contributed by atoms with Crippen molar-refractivity contribution in [1.82, 2.24) is 19.7 Å². The highest BCUT2D eigenvalue weighted by Gasteiger charge is 2.27. The standard InChI is InChI=1S/C13H20N6/c1-18-12-11(8-17-18)13(16-9-15-12)19(7-3-6-14)10-4-2-5-10/h8-10H,2-7,14H2,1H3. The molecule has 0 aliphatic heterocycles. The third kappa shape index (κ3) is 2.16. The normalized spacial score (nSPS) is 15.7. The Morgan fingerprint density at radius 1 is 1.42 bits per heavy atom. The Hall–Kier alpha value is -1.69. The molecule has 102 valence electrons. The van der Waals surface area contributed by atoms with E-state index in [2.05, 4.69) is 20.0 Å². The zero-order valence-electron chi connectivity index (χ0n) is 11.3. The third-order valence-corrected chi connectivity index (χ3v) is 3.90. The lowest BCUT2D eigenvalue weighted by Gasteiger charge is -2.38. The summed E-state index contributed by atoms with van der Waals surface area (Å²) in [6.45, 7) is 1.67. The second-order valence-corrected chi connectivity index (χ2v) is 5.12. The van der Waals surface area contributed by atoms with Gasteiger partial charge in [0.25, 0.3) is 0 Å². The molecule has 2 N–H and O–H groups in total. The quantitative estimate of drug-likeness (QED) is 0.870. The molecule has 0 saturated heterocycles. The molecule has 3 rings (SSSR count). The number of fused-ring (bicyclic) bond motifs is 1. The van der Waals surface area contributed by atoms with Crippen molar-refractivity contribution >= 4 is 16.9 Å². The highest BCUT2D eigenvalue weighted by atomic mass is 15.3. The summed E-state index contributed by atoms with van der Waals surface area (Å²) in [5.74, 6) is 1.01. The van der Waals surface area contributed by atoms with Crippen LogP contribution in [0.25, 0.3) is 11.0 Å². The number of hydrogen-bond donors (Lipinski definition) is 1. The van der Waals surface area contributed by atoms with Gasteiger partial charge in [-0.1, -0.05) is 0 Å². The van der Waals surface area contributed by atoms with Crippen molar-refractivity contribution in [1.29, 1.82) is 0 Å². The number of anilines is 1. The third-order valence-electron chi connectivity index (χ3n) is 3.90. The molecular weight excluding hydrogens is 240 g/mol. The summed E-state index contributed by atoms with van der Waals surface area (Å²) in [5, 5.41) is 5.32. The first-order valence-electron chi connectivity index (χ1n) is 6.90. The van der Waals surface area contributed by atoms with Crippen LogP contribution >= 0.6 is 0 Å². The summed E-state index contributed by atoms with van der Waals surface area (Å²) in [4.78, 5) is 11.2. The second kappa shape index (κ2) is 5.13. The zero-order chi connectivity index (χ0) is 13.2. The van der Waals surface area contributed by atoms with Crippen molar-refractivity contribution in [2.24, 2.45) is 12.8 Å². The van der Waals surface area contributed by atoms with Gasteiger partial charge in [-0.3, -0.25) is 4.68 Å². The molecule has 6 nitrogen and oxygen atoms in total. The van der Waals surface area contributed by atoms with E-state index in [1.165, 1.54) is 19.3 Å². The molecule has 0 radical (unpaired) electrons. The summed E-state index contributed by atoms with van der Waals surface area (Å²) >= 11 is 0. The van der Waals surface area contributed by atoms with Gasteiger partial charge in [-0.25, -0.2) is 9.97 Å². The van der Waals surface area contributed by atoms with Crippen LogP contribution in [0.2, 0.25) is 0 Å². The van der Waals surface area contributed by atoms with E-state index in [-0.39, 0.29) is 0 Å². The first kappa shape index (κ1) is 12.3. The minimum absolute atomic E-state index is 0.602. The predicted octanol–water partition coefficient (Wildman–Crippen LogP) is 1.07. The van der Waals surface area contributed by atoms with Gasteiger partial charge in [0.05, 0.1) is 11.6 Å². The van der Waals surface area contributed by atoms with Crippen LogP contribution in [0.5, 0.6) is 0 Å². The van der Waals surface area contributed by atoms with Gasteiger partial charge in [0.15, 0.2) is 5.65 Å². The van der Waals surface area contributed by atoms with E-state index in [0.29, 0.717) is 12.6 Å². The molecule has 2 heterocycles. The number of hydrogen-bond acceptors (Lipinski definition) is 5. The molecule has 0 spiro atoms. The fraction of sp³-hybridized carbons (Fsp3) is 0.615. The molecule has 2 aromatic rings. The van der Waals surface area contributed by atoms with Crippen LogP contribution in [-0.4, -0.2) is 38.9 Å². The van der Waals surface area contributed by atoms with Crippen LogP contribution in [0.1, 0.15) is 25.7 Å². The highest BCUT2D eigenvalue weighted by Crippen LogP contribution is 2.31. The molecular formula is C13H20N6. The van der Waals surface area contributed by atoms with Crippen LogP contribution < -0.4 is 10.6 Å². The molecule has 0 atom stereocenters. The Labute approximate surface area is 112 Å². The lowest BCUT2D eigenvalue weighted by atomic mass is 9.91. The van der Waals surface area contributed by atoms with E-state index in [0.717, 1.165) is 29.8 Å². The van der Waals surface area contributed by atoms with Crippen molar-refractivity contribution in [2.75, 3.05) is 18.0 Å². The number of nitrogens with two attached hydrogens (primary N) is 1. The Morgan fingerprint density at radius 2 is 2.26 bits per heavy atom. The average Bonchev–Trinajstić information content (AvgIpc) is 2.74. The number of aryl methyl sites for hydroxylation is 1. The van der Waals surface area contributed by atoms with Gasteiger partial charge in [-0.05, 0) is 32.2 Å². The maximum absolute atomic E-state index is 5.66. The van der Waals surface area contributed by atoms with Crippen LogP contribution in [0, 0.1) is 0 Å². The predicted molar refractivity (Wildman–Crippen MR) is 75.0 cm³/mol. The Bertz CT molecular complexity index is 559. The van der Waals surface area contributed by atoms with Crippen molar-refractivity contribution in [2.45, 2.75) is 31.7 Å². The summed E-state index contributed by atoms with van der Waals surface area (Å²) < 4.78 is 1.79. The van der Waals surface area contributed by atoms with Crippen molar-refractivity contribution in [3.8, 4) is 0 Å². The maximum atomic E-state index is 5.66. The van der Waals surface area contributed by atoms with Crippen LogP contribution in [0.4, 0.5) is 5.82 Å². The molecule has 0 aromatic carbocycles. The maximum Gasteiger partial charge on any atom is 0.163 e. The van der Waals surface area contributed by atoms with E-state index in [4.69, 9.17) is 5.73 Å². The number of aromatic nitrogens is 4. The molecule has 6 heteroatoms. The lowest BCUT2D eigenvalue weighted by Crippen LogP contribution is -2.42. The molecule has 19 heavy (non-hydrogen) atoms. The number of rotatable bonds is 5. The second-order valence-electron chi connectivity index (χ2n) is 5.12. The minimum Gasteiger partial charge on any atom is -0.353 e. The molecule has 0 bridgehead atoms. The molecule has 1 aliphatic rings. The SMILES string of the molecule is Cn1ncc2c(N(CCCN)C3CCC3)ncnc21. The van der Waals surface area contributed by atoms with Crippen LogP contribution in [0.3, 0.4) is 0 Å². The summed E-state index contributed by atoms with van der Waals surface area (Å²) in [7, 11) is 1.91. The largest absolute Gasteiger partial charge is 0.353 e. The van der Waals surface area contributed by atoms with Gasteiger partial charge in [0, 0.05) is 19.6 Å². The zero-order valence-corrected chi connectivity index (χ0v) is 11.3. The van der Waals surface area contributed by atoms with Crippen molar-refractivity contribution in [3.63, 3.8) is 0 Å².